The van der Waals surface area contributed by atoms with Gasteiger partial charge in [-0.3, -0.25) is 0 Å². The van der Waals surface area contributed by atoms with Crippen molar-refractivity contribution in [1.82, 2.24) is 4.98 Å². The number of aromatic nitrogens is 1. The van der Waals surface area contributed by atoms with Crippen molar-refractivity contribution in [2.45, 2.75) is 18.6 Å². The average Bonchev–Trinajstić information content (AvgIpc) is 3.13. The molecular weight excluding hydrogens is 343 g/mol. The van der Waals surface area contributed by atoms with E-state index in [1.165, 1.54) is 0 Å². The summed E-state index contributed by atoms with van der Waals surface area (Å²) in [5.41, 5.74) is 1.71. The Hall–Kier alpha value is -2.60. The van der Waals surface area contributed by atoms with Crippen LogP contribution in [0.4, 0.5) is 23.1 Å². The molecule has 3 rings (SSSR count). The van der Waals surface area contributed by atoms with Gasteiger partial charge in [0.15, 0.2) is 5.13 Å². The first-order valence-corrected chi connectivity index (χ1v) is 7.74. The topological polar surface area (TPSA) is 66.2 Å². The SMILES string of the molecule is N#Cc1ccc(-c2csc(N3C(=O)OCC3CC(F)(F)F)n2)cc1. The minimum atomic E-state index is -4.40. The fourth-order valence-corrected chi connectivity index (χ4v) is 3.23. The fourth-order valence-electron chi connectivity index (χ4n) is 2.34. The van der Waals surface area contributed by atoms with Gasteiger partial charge in [-0.25, -0.2) is 14.7 Å². The van der Waals surface area contributed by atoms with Gasteiger partial charge in [0.05, 0.1) is 29.8 Å². The van der Waals surface area contributed by atoms with Crippen molar-refractivity contribution < 1.29 is 22.7 Å². The maximum atomic E-state index is 12.6. The largest absolute Gasteiger partial charge is 0.447 e. The van der Waals surface area contributed by atoms with Gasteiger partial charge >= 0.3 is 12.3 Å². The van der Waals surface area contributed by atoms with Crippen molar-refractivity contribution in [3.63, 3.8) is 0 Å². The number of rotatable bonds is 3. The number of ether oxygens (including phenoxy) is 1. The first-order valence-electron chi connectivity index (χ1n) is 6.86. The number of cyclic esters (lactones) is 1. The van der Waals surface area contributed by atoms with Crippen molar-refractivity contribution in [2.75, 3.05) is 11.5 Å². The summed E-state index contributed by atoms with van der Waals surface area (Å²) in [7, 11) is 0. The number of thiazole rings is 1. The van der Waals surface area contributed by atoms with E-state index in [2.05, 4.69) is 4.98 Å². The van der Waals surface area contributed by atoms with Crippen molar-refractivity contribution in [1.29, 1.82) is 5.26 Å². The summed E-state index contributed by atoms with van der Waals surface area (Å²) < 4.78 is 42.6. The standard InChI is InChI=1S/C15H10F3N3O2S/c16-15(17,18)5-11-7-23-14(22)21(11)13-20-12(8-24-13)10-3-1-9(6-19)2-4-10/h1-4,8,11H,5,7H2. The number of halogens is 3. The summed E-state index contributed by atoms with van der Waals surface area (Å²) in [6, 6.07) is 7.49. The van der Waals surface area contributed by atoms with Crippen molar-refractivity contribution in [3.8, 4) is 17.3 Å². The molecule has 9 heteroatoms. The van der Waals surface area contributed by atoms with Crippen LogP contribution < -0.4 is 4.90 Å². The fraction of sp³-hybridized carbons (Fsp3) is 0.267. The number of nitrogens with zero attached hydrogens (tertiary/aromatic N) is 3. The van der Waals surface area contributed by atoms with Gasteiger partial charge in [0, 0.05) is 10.9 Å². The van der Waals surface area contributed by atoms with Crippen LogP contribution in [0.5, 0.6) is 0 Å². The van der Waals surface area contributed by atoms with Gasteiger partial charge in [0.2, 0.25) is 0 Å². The molecular formula is C15H10F3N3O2S. The summed E-state index contributed by atoms with van der Waals surface area (Å²) in [6.07, 6.45) is -6.38. The van der Waals surface area contributed by atoms with Crippen molar-refractivity contribution in [2.24, 2.45) is 0 Å². The predicted octanol–water partition coefficient (Wildman–Crippen LogP) is 3.96. The lowest BCUT2D eigenvalue weighted by atomic mass is 10.1. The van der Waals surface area contributed by atoms with Crippen molar-refractivity contribution in [3.05, 3.63) is 35.2 Å². The molecule has 124 valence electrons. The number of alkyl halides is 3. The third kappa shape index (κ3) is 3.33. The van der Waals surface area contributed by atoms with Gasteiger partial charge in [0.1, 0.15) is 6.61 Å². The highest BCUT2D eigenvalue weighted by molar-refractivity contribution is 7.14. The lowest BCUT2D eigenvalue weighted by molar-refractivity contribution is -0.138. The lowest BCUT2D eigenvalue weighted by Crippen LogP contribution is -2.36. The van der Waals surface area contributed by atoms with E-state index in [4.69, 9.17) is 10.00 Å². The number of hydrogen-bond donors (Lipinski definition) is 0. The van der Waals surface area contributed by atoms with Gasteiger partial charge in [-0.2, -0.15) is 18.4 Å². The maximum absolute atomic E-state index is 12.6. The molecule has 0 bridgehead atoms. The summed E-state index contributed by atoms with van der Waals surface area (Å²) in [5.74, 6) is 0. The van der Waals surface area contributed by atoms with Crippen LogP contribution in [0.25, 0.3) is 11.3 Å². The normalized spacial score (nSPS) is 17.7. The zero-order valence-corrected chi connectivity index (χ0v) is 12.9. The Morgan fingerprint density at radius 1 is 1.38 bits per heavy atom. The zero-order valence-electron chi connectivity index (χ0n) is 12.1. The number of carbonyl (C=O) groups excluding carboxylic acids is 1. The van der Waals surface area contributed by atoms with E-state index < -0.39 is 24.7 Å². The minimum absolute atomic E-state index is 0.158. The minimum Gasteiger partial charge on any atom is -0.447 e. The monoisotopic (exact) mass is 353 g/mol. The van der Waals surface area contributed by atoms with Crippen LogP contribution in [0.1, 0.15) is 12.0 Å². The Morgan fingerprint density at radius 3 is 2.71 bits per heavy atom. The molecule has 0 aliphatic carbocycles. The third-order valence-corrected chi connectivity index (χ3v) is 4.28. The molecule has 0 spiro atoms. The molecule has 0 N–H and O–H groups in total. The molecule has 0 saturated carbocycles. The van der Waals surface area contributed by atoms with Crippen LogP contribution in [0.2, 0.25) is 0 Å². The highest BCUT2D eigenvalue weighted by Gasteiger charge is 2.43. The van der Waals surface area contributed by atoms with Crippen LogP contribution in [0.15, 0.2) is 29.6 Å². The predicted molar refractivity (Wildman–Crippen MR) is 80.6 cm³/mol. The van der Waals surface area contributed by atoms with E-state index >= 15 is 0 Å². The molecule has 1 aliphatic heterocycles. The summed E-state index contributed by atoms with van der Waals surface area (Å²) >= 11 is 1.07. The van der Waals surface area contributed by atoms with E-state index in [0.717, 1.165) is 16.2 Å². The number of nitriles is 1. The highest BCUT2D eigenvalue weighted by atomic mass is 32.1. The molecule has 1 fully saturated rings. The Bertz CT molecular complexity index is 796. The summed E-state index contributed by atoms with van der Waals surface area (Å²) in [5, 5.41) is 10.6. The number of carbonyl (C=O) groups is 1. The first kappa shape index (κ1) is 16.3. The van der Waals surface area contributed by atoms with Crippen LogP contribution in [0, 0.1) is 11.3 Å². The smallest absolute Gasteiger partial charge is 0.416 e. The zero-order chi connectivity index (χ0) is 17.3. The molecule has 1 saturated heterocycles. The van der Waals surface area contributed by atoms with Crippen LogP contribution in [0.3, 0.4) is 0 Å². The van der Waals surface area contributed by atoms with E-state index in [1.807, 2.05) is 6.07 Å². The molecule has 1 amide bonds. The summed E-state index contributed by atoms with van der Waals surface area (Å²) in [4.78, 5) is 17.0. The Labute approximate surface area is 138 Å². The van der Waals surface area contributed by atoms with Crippen LogP contribution >= 0.6 is 11.3 Å². The third-order valence-electron chi connectivity index (χ3n) is 3.44. The number of anilines is 1. The second kappa shape index (κ2) is 6.13. The molecule has 1 atom stereocenters. The molecule has 1 unspecified atom stereocenters. The van der Waals surface area contributed by atoms with Crippen LogP contribution in [-0.4, -0.2) is 29.9 Å². The van der Waals surface area contributed by atoms with E-state index in [9.17, 15) is 18.0 Å². The van der Waals surface area contributed by atoms with E-state index in [0.29, 0.717) is 16.8 Å². The van der Waals surface area contributed by atoms with Gasteiger partial charge in [-0.1, -0.05) is 12.1 Å². The Balaban J connectivity index is 1.85. The van der Waals surface area contributed by atoms with E-state index in [-0.39, 0.29) is 11.7 Å². The molecule has 0 radical (unpaired) electrons. The molecule has 24 heavy (non-hydrogen) atoms. The van der Waals surface area contributed by atoms with E-state index in [1.54, 1.807) is 29.6 Å². The average molecular weight is 353 g/mol. The molecule has 1 aromatic heterocycles. The first-order chi connectivity index (χ1) is 11.4. The molecule has 5 nitrogen and oxygen atoms in total. The van der Waals surface area contributed by atoms with Crippen LogP contribution in [-0.2, 0) is 4.74 Å². The molecule has 1 aromatic carbocycles. The highest BCUT2D eigenvalue weighted by Crippen LogP contribution is 2.34. The molecule has 2 aromatic rings. The van der Waals surface area contributed by atoms with Gasteiger partial charge in [-0.15, -0.1) is 11.3 Å². The Kier molecular flexibility index (Phi) is 4.15. The second-order valence-electron chi connectivity index (χ2n) is 5.12. The molecule has 1 aliphatic rings. The maximum Gasteiger partial charge on any atom is 0.416 e. The lowest BCUT2D eigenvalue weighted by Gasteiger charge is -2.19. The van der Waals surface area contributed by atoms with Crippen molar-refractivity contribution >= 4 is 22.6 Å². The van der Waals surface area contributed by atoms with Gasteiger partial charge < -0.3 is 4.74 Å². The number of amides is 1. The van der Waals surface area contributed by atoms with Gasteiger partial charge in [-0.05, 0) is 12.1 Å². The number of hydrogen-bond acceptors (Lipinski definition) is 5. The summed E-state index contributed by atoms with van der Waals surface area (Å²) in [6.45, 7) is -0.315. The Morgan fingerprint density at radius 2 is 2.08 bits per heavy atom. The number of benzene rings is 1. The second-order valence-corrected chi connectivity index (χ2v) is 5.96. The van der Waals surface area contributed by atoms with Gasteiger partial charge in [0.25, 0.3) is 0 Å². The molecule has 2 heterocycles. The quantitative estimate of drug-likeness (QED) is 0.838.